The highest BCUT2D eigenvalue weighted by Crippen LogP contribution is 2.44. The van der Waals surface area contributed by atoms with Crippen molar-refractivity contribution in [3.63, 3.8) is 0 Å². The summed E-state index contributed by atoms with van der Waals surface area (Å²) in [6, 6.07) is 15.3. The summed E-state index contributed by atoms with van der Waals surface area (Å²) in [7, 11) is 1.65. The van der Waals surface area contributed by atoms with Gasteiger partial charge in [-0.15, -0.1) is 11.8 Å². The number of ether oxygens (including phenoxy) is 1. The van der Waals surface area contributed by atoms with E-state index in [1.807, 2.05) is 49.4 Å². The van der Waals surface area contributed by atoms with Crippen LogP contribution in [0.15, 0.2) is 48.5 Å². The second kappa shape index (κ2) is 7.29. The fourth-order valence-corrected chi connectivity index (χ4v) is 4.52. The number of carbonyl (C=O) groups excluding carboxylic acids is 1. The van der Waals surface area contributed by atoms with Gasteiger partial charge in [-0.1, -0.05) is 23.7 Å². The van der Waals surface area contributed by atoms with Gasteiger partial charge in [0.15, 0.2) is 0 Å². The third-order valence-electron chi connectivity index (χ3n) is 4.48. The first-order valence-corrected chi connectivity index (χ1v) is 9.90. The Balaban J connectivity index is 1.87. The van der Waals surface area contributed by atoms with E-state index in [0.29, 0.717) is 16.6 Å². The Kier molecular flexibility index (Phi) is 4.85. The number of aromatic nitrogens is 2. The van der Waals surface area contributed by atoms with Crippen LogP contribution in [0.3, 0.4) is 0 Å². The summed E-state index contributed by atoms with van der Waals surface area (Å²) in [6.45, 7) is 1.97. The number of nitrogens with zero attached hydrogens (tertiary/aromatic N) is 2. The SMILES string of the molecule is COc1cccc(C2SCC(=O)Nc3c2c(C)nn3-c2ccc(Cl)cc2)c1. The van der Waals surface area contributed by atoms with E-state index in [-0.39, 0.29) is 11.2 Å². The third-order valence-corrected chi connectivity index (χ3v) is 6.00. The molecule has 2 heterocycles. The molecule has 4 rings (SSSR count). The Hall–Kier alpha value is -2.44. The van der Waals surface area contributed by atoms with Crippen LogP contribution in [0.2, 0.25) is 5.02 Å². The first-order valence-electron chi connectivity index (χ1n) is 8.47. The lowest BCUT2D eigenvalue weighted by Gasteiger charge is -2.16. The van der Waals surface area contributed by atoms with E-state index in [1.165, 1.54) is 0 Å². The van der Waals surface area contributed by atoms with Crippen molar-refractivity contribution >= 4 is 35.1 Å². The number of hydrogen-bond donors (Lipinski definition) is 1. The largest absolute Gasteiger partial charge is 0.497 e. The van der Waals surface area contributed by atoms with Crippen LogP contribution in [-0.2, 0) is 4.79 Å². The molecule has 1 aliphatic rings. The number of hydrogen-bond acceptors (Lipinski definition) is 4. The van der Waals surface area contributed by atoms with Gasteiger partial charge in [0.05, 0.1) is 29.5 Å². The Morgan fingerprint density at radius 3 is 2.78 bits per heavy atom. The fraction of sp³-hybridized carbons (Fsp3) is 0.200. The van der Waals surface area contributed by atoms with Gasteiger partial charge >= 0.3 is 0 Å². The highest BCUT2D eigenvalue weighted by Gasteiger charge is 2.30. The van der Waals surface area contributed by atoms with Gasteiger partial charge in [0.1, 0.15) is 11.6 Å². The van der Waals surface area contributed by atoms with Gasteiger partial charge < -0.3 is 10.1 Å². The van der Waals surface area contributed by atoms with Crippen molar-refractivity contribution in [3.05, 3.63) is 70.4 Å². The van der Waals surface area contributed by atoms with Crippen molar-refractivity contribution in [3.8, 4) is 11.4 Å². The van der Waals surface area contributed by atoms with Crippen molar-refractivity contribution in [1.82, 2.24) is 9.78 Å². The molecule has 1 N–H and O–H groups in total. The molecule has 0 spiro atoms. The van der Waals surface area contributed by atoms with E-state index < -0.39 is 0 Å². The summed E-state index contributed by atoms with van der Waals surface area (Å²) >= 11 is 7.60. The van der Waals surface area contributed by atoms with Gasteiger partial charge in [-0.3, -0.25) is 4.79 Å². The van der Waals surface area contributed by atoms with E-state index in [9.17, 15) is 4.79 Å². The highest BCUT2D eigenvalue weighted by molar-refractivity contribution is 8.00. The minimum atomic E-state index is -0.0400. The average Bonchev–Trinajstić information content (AvgIpc) is 2.88. The van der Waals surface area contributed by atoms with Crippen molar-refractivity contribution in [2.75, 3.05) is 18.2 Å². The summed E-state index contributed by atoms with van der Waals surface area (Å²) < 4.78 is 7.15. The van der Waals surface area contributed by atoms with Crippen molar-refractivity contribution in [1.29, 1.82) is 0 Å². The molecular weight excluding hydrogens is 382 g/mol. The Morgan fingerprint density at radius 1 is 1.26 bits per heavy atom. The van der Waals surface area contributed by atoms with Crippen molar-refractivity contribution in [2.45, 2.75) is 12.2 Å². The molecule has 1 aromatic heterocycles. The molecule has 1 aliphatic heterocycles. The zero-order chi connectivity index (χ0) is 19.0. The number of fused-ring (bicyclic) bond motifs is 1. The Morgan fingerprint density at radius 2 is 2.04 bits per heavy atom. The predicted octanol–water partition coefficient (Wildman–Crippen LogP) is 4.62. The van der Waals surface area contributed by atoms with E-state index in [2.05, 4.69) is 11.4 Å². The molecule has 0 saturated heterocycles. The maximum atomic E-state index is 12.4. The molecule has 1 amide bonds. The Labute approximate surface area is 166 Å². The Bertz CT molecular complexity index is 1000. The van der Waals surface area contributed by atoms with Gasteiger partial charge in [-0.05, 0) is 48.9 Å². The van der Waals surface area contributed by atoms with Gasteiger partial charge in [0.2, 0.25) is 5.91 Å². The number of benzene rings is 2. The molecule has 2 aromatic carbocycles. The lowest BCUT2D eigenvalue weighted by Crippen LogP contribution is -2.15. The summed E-state index contributed by atoms with van der Waals surface area (Å²) in [5, 5.41) is 8.37. The van der Waals surface area contributed by atoms with Gasteiger partial charge in [-0.25, -0.2) is 4.68 Å². The van der Waals surface area contributed by atoms with E-state index in [4.69, 9.17) is 21.4 Å². The number of thioether (sulfide) groups is 1. The summed E-state index contributed by atoms with van der Waals surface area (Å²) in [6.07, 6.45) is 0. The number of anilines is 1. The van der Waals surface area contributed by atoms with Crippen LogP contribution in [0.1, 0.15) is 22.1 Å². The molecule has 138 valence electrons. The molecule has 5 nitrogen and oxygen atoms in total. The number of aryl methyl sites for hydroxylation is 1. The first kappa shape index (κ1) is 17.9. The lowest BCUT2D eigenvalue weighted by molar-refractivity contribution is -0.113. The predicted molar refractivity (Wildman–Crippen MR) is 109 cm³/mol. The number of carbonyl (C=O) groups is 1. The molecule has 7 heteroatoms. The summed E-state index contributed by atoms with van der Waals surface area (Å²) in [4.78, 5) is 12.4. The molecular formula is C20H18ClN3O2S. The number of amides is 1. The molecule has 0 bridgehead atoms. The maximum absolute atomic E-state index is 12.4. The molecule has 0 fully saturated rings. The smallest absolute Gasteiger partial charge is 0.235 e. The minimum absolute atomic E-state index is 0.0184. The fourth-order valence-electron chi connectivity index (χ4n) is 3.22. The van der Waals surface area contributed by atoms with Crippen LogP contribution in [0.4, 0.5) is 5.82 Å². The van der Waals surface area contributed by atoms with Crippen molar-refractivity contribution in [2.24, 2.45) is 0 Å². The quantitative estimate of drug-likeness (QED) is 0.698. The first-order chi connectivity index (χ1) is 13.1. The number of nitrogens with one attached hydrogen (secondary N) is 1. The molecule has 1 atom stereocenters. The monoisotopic (exact) mass is 399 g/mol. The molecule has 1 unspecified atom stereocenters. The van der Waals surface area contributed by atoms with Crippen LogP contribution in [-0.4, -0.2) is 28.6 Å². The van der Waals surface area contributed by atoms with E-state index in [0.717, 1.165) is 28.3 Å². The van der Waals surface area contributed by atoms with Crippen LogP contribution in [0.5, 0.6) is 5.75 Å². The molecule has 0 aliphatic carbocycles. The number of rotatable bonds is 3. The van der Waals surface area contributed by atoms with Crippen LogP contribution < -0.4 is 10.1 Å². The lowest BCUT2D eigenvalue weighted by atomic mass is 10.0. The highest BCUT2D eigenvalue weighted by atomic mass is 35.5. The standard InChI is InChI=1S/C20H18ClN3O2S/c1-12-18-19(13-4-3-5-16(10-13)26-2)27-11-17(25)22-20(18)24(23-12)15-8-6-14(21)7-9-15/h3-10,19H,11H2,1-2H3,(H,22,25). The van der Waals surface area contributed by atoms with Crippen LogP contribution >= 0.6 is 23.4 Å². The summed E-state index contributed by atoms with van der Waals surface area (Å²) in [5.41, 5.74) is 3.81. The topological polar surface area (TPSA) is 56.1 Å². The minimum Gasteiger partial charge on any atom is -0.497 e. The molecule has 0 saturated carbocycles. The normalized spacial score (nSPS) is 16.4. The van der Waals surface area contributed by atoms with Gasteiger partial charge in [0.25, 0.3) is 0 Å². The van der Waals surface area contributed by atoms with Gasteiger partial charge in [0, 0.05) is 10.6 Å². The average molecular weight is 400 g/mol. The third kappa shape index (κ3) is 3.42. The second-order valence-corrected chi connectivity index (χ2v) is 7.78. The van der Waals surface area contributed by atoms with E-state index in [1.54, 1.807) is 23.6 Å². The molecule has 0 radical (unpaired) electrons. The van der Waals surface area contributed by atoms with Crippen molar-refractivity contribution < 1.29 is 9.53 Å². The zero-order valence-corrected chi connectivity index (χ0v) is 16.5. The maximum Gasteiger partial charge on any atom is 0.235 e. The van der Waals surface area contributed by atoms with Gasteiger partial charge in [-0.2, -0.15) is 5.10 Å². The number of methoxy groups -OCH3 is 1. The molecule has 27 heavy (non-hydrogen) atoms. The number of halogens is 1. The zero-order valence-electron chi connectivity index (χ0n) is 14.9. The summed E-state index contributed by atoms with van der Waals surface area (Å²) in [5.74, 6) is 1.83. The molecule has 3 aromatic rings. The van der Waals surface area contributed by atoms with Crippen LogP contribution in [0, 0.1) is 6.92 Å². The van der Waals surface area contributed by atoms with E-state index >= 15 is 0 Å². The van der Waals surface area contributed by atoms with Crippen LogP contribution in [0.25, 0.3) is 5.69 Å². The second-order valence-electron chi connectivity index (χ2n) is 6.25.